The van der Waals surface area contributed by atoms with Crippen LogP contribution in [0.15, 0.2) is 0 Å². The minimum atomic E-state index is -1.02. The van der Waals surface area contributed by atoms with E-state index in [4.69, 9.17) is 10.8 Å². The third kappa shape index (κ3) is 2.35. The van der Waals surface area contributed by atoms with Crippen molar-refractivity contribution in [2.24, 2.45) is 0 Å². The Labute approximate surface area is 98.5 Å². The molecule has 0 bridgehead atoms. The molecule has 1 fully saturated rings. The number of hydrogen-bond donors (Lipinski definition) is 2. The number of nitrogen functional groups attached to an aromatic ring is 1. The number of aromatic carboxylic acids is 1. The van der Waals surface area contributed by atoms with E-state index in [0.717, 1.165) is 17.8 Å². The number of anilines is 1. The lowest BCUT2D eigenvalue weighted by atomic mass is 10.0. The number of hydrogen-bond acceptors (Lipinski definition) is 4. The van der Waals surface area contributed by atoms with E-state index in [-0.39, 0.29) is 5.69 Å². The number of aromatic nitrogens is 1. The normalized spacial score (nSPS) is 18.2. The predicted octanol–water partition coefficient (Wildman–Crippen LogP) is 2.86. The van der Waals surface area contributed by atoms with Crippen molar-refractivity contribution in [3.05, 3.63) is 10.7 Å². The van der Waals surface area contributed by atoms with Crippen LogP contribution in [0.5, 0.6) is 0 Å². The summed E-state index contributed by atoms with van der Waals surface area (Å²) in [7, 11) is 0. The number of carboxylic acids is 1. The molecule has 1 heterocycles. The van der Waals surface area contributed by atoms with Gasteiger partial charge in [-0.3, -0.25) is 0 Å². The SMILES string of the molecule is Nc1sc(C2CCCCCC2)nc1C(=O)O. The third-order valence-corrected chi connectivity index (χ3v) is 4.12. The number of carbonyl (C=O) groups is 1. The van der Waals surface area contributed by atoms with Crippen molar-refractivity contribution < 1.29 is 9.90 Å². The van der Waals surface area contributed by atoms with Crippen LogP contribution in [0, 0.1) is 0 Å². The first-order valence-electron chi connectivity index (χ1n) is 5.68. The number of nitrogens with zero attached hydrogens (tertiary/aromatic N) is 1. The Bertz CT molecular complexity index is 381. The van der Waals surface area contributed by atoms with Crippen LogP contribution in [-0.4, -0.2) is 16.1 Å². The number of nitrogens with two attached hydrogens (primary N) is 1. The molecule has 4 nitrogen and oxygen atoms in total. The van der Waals surface area contributed by atoms with Gasteiger partial charge in [0.15, 0.2) is 5.69 Å². The molecule has 0 amide bonds. The first-order valence-corrected chi connectivity index (χ1v) is 6.49. The molecule has 0 aliphatic heterocycles. The molecule has 2 rings (SSSR count). The van der Waals surface area contributed by atoms with E-state index in [2.05, 4.69) is 4.98 Å². The van der Waals surface area contributed by atoms with Gasteiger partial charge in [0.2, 0.25) is 0 Å². The summed E-state index contributed by atoms with van der Waals surface area (Å²) in [4.78, 5) is 15.0. The van der Waals surface area contributed by atoms with Crippen molar-refractivity contribution in [3.63, 3.8) is 0 Å². The highest BCUT2D eigenvalue weighted by Gasteiger charge is 2.22. The van der Waals surface area contributed by atoms with Crippen LogP contribution in [0.3, 0.4) is 0 Å². The molecule has 0 aromatic carbocycles. The number of carboxylic acid groups (broad SMARTS) is 1. The molecular weight excluding hydrogens is 224 g/mol. The Hall–Kier alpha value is -1.10. The first kappa shape index (κ1) is 11.4. The fourth-order valence-electron chi connectivity index (χ4n) is 2.20. The van der Waals surface area contributed by atoms with Crippen molar-refractivity contribution >= 4 is 22.3 Å². The lowest BCUT2D eigenvalue weighted by Crippen LogP contribution is -2.02. The molecule has 1 aromatic rings. The maximum absolute atomic E-state index is 10.8. The van der Waals surface area contributed by atoms with E-state index in [1.807, 2.05) is 0 Å². The monoisotopic (exact) mass is 240 g/mol. The second-order valence-electron chi connectivity index (χ2n) is 4.26. The Morgan fingerprint density at radius 3 is 2.44 bits per heavy atom. The lowest BCUT2D eigenvalue weighted by molar-refractivity contribution is 0.0692. The molecule has 0 unspecified atom stereocenters. The Morgan fingerprint density at radius 2 is 1.94 bits per heavy atom. The maximum atomic E-state index is 10.8. The highest BCUT2D eigenvalue weighted by atomic mass is 32.1. The highest BCUT2D eigenvalue weighted by Crippen LogP contribution is 2.35. The minimum absolute atomic E-state index is 0.0317. The molecular formula is C11H16N2O2S. The van der Waals surface area contributed by atoms with Gasteiger partial charge in [0.05, 0.1) is 5.01 Å². The Balaban J connectivity index is 2.19. The van der Waals surface area contributed by atoms with Crippen molar-refractivity contribution in [3.8, 4) is 0 Å². The second-order valence-corrected chi connectivity index (χ2v) is 5.32. The Kier molecular flexibility index (Phi) is 3.43. The predicted molar refractivity (Wildman–Crippen MR) is 63.9 cm³/mol. The van der Waals surface area contributed by atoms with E-state index in [1.165, 1.54) is 37.0 Å². The first-order chi connectivity index (χ1) is 7.68. The van der Waals surface area contributed by atoms with Gasteiger partial charge in [0.1, 0.15) is 5.00 Å². The molecule has 0 atom stereocenters. The summed E-state index contributed by atoms with van der Waals surface area (Å²) >= 11 is 1.34. The standard InChI is InChI=1S/C11H16N2O2S/c12-9-8(11(14)15)13-10(16-9)7-5-3-1-2-4-6-7/h7H,1-6,12H2,(H,14,15). The van der Waals surface area contributed by atoms with E-state index < -0.39 is 5.97 Å². The van der Waals surface area contributed by atoms with Crippen LogP contribution in [-0.2, 0) is 0 Å². The summed E-state index contributed by atoms with van der Waals surface area (Å²) in [5.41, 5.74) is 5.69. The number of rotatable bonds is 2. The average Bonchev–Trinajstić information content (AvgIpc) is 2.50. The van der Waals surface area contributed by atoms with Gasteiger partial charge < -0.3 is 10.8 Å². The molecule has 1 aliphatic carbocycles. The molecule has 0 spiro atoms. The zero-order chi connectivity index (χ0) is 11.5. The summed E-state index contributed by atoms with van der Waals surface area (Å²) in [5.74, 6) is -0.600. The van der Waals surface area contributed by atoms with Gasteiger partial charge in [-0.15, -0.1) is 11.3 Å². The van der Waals surface area contributed by atoms with Crippen LogP contribution in [0.4, 0.5) is 5.00 Å². The van der Waals surface area contributed by atoms with Gasteiger partial charge in [-0.25, -0.2) is 9.78 Å². The molecule has 5 heteroatoms. The zero-order valence-electron chi connectivity index (χ0n) is 9.11. The van der Waals surface area contributed by atoms with Gasteiger partial charge in [0.25, 0.3) is 0 Å². The zero-order valence-corrected chi connectivity index (χ0v) is 9.92. The van der Waals surface area contributed by atoms with E-state index >= 15 is 0 Å². The van der Waals surface area contributed by atoms with Gasteiger partial charge in [-0.2, -0.15) is 0 Å². The van der Waals surface area contributed by atoms with E-state index in [9.17, 15) is 4.79 Å². The van der Waals surface area contributed by atoms with Gasteiger partial charge in [-0.1, -0.05) is 25.7 Å². The number of thiazole rings is 1. The van der Waals surface area contributed by atoms with Gasteiger partial charge in [-0.05, 0) is 12.8 Å². The van der Waals surface area contributed by atoms with E-state index in [1.54, 1.807) is 0 Å². The van der Waals surface area contributed by atoms with Crippen molar-refractivity contribution in [2.45, 2.75) is 44.4 Å². The van der Waals surface area contributed by atoms with E-state index in [0.29, 0.717) is 10.9 Å². The van der Waals surface area contributed by atoms with Gasteiger partial charge in [0, 0.05) is 5.92 Å². The minimum Gasteiger partial charge on any atom is -0.476 e. The summed E-state index contributed by atoms with van der Waals surface area (Å²) in [6, 6.07) is 0. The fourth-order valence-corrected chi connectivity index (χ4v) is 3.20. The molecule has 0 radical (unpaired) electrons. The summed E-state index contributed by atoms with van der Waals surface area (Å²) < 4.78 is 0. The summed E-state index contributed by atoms with van der Waals surface area (Å²) in [6.07, 6.45) is 7.23. The summed E-state index contributed by atoms with van der Waals surface area (Å²) in [6.45, 7) is 0. The molecule has 1 aliphatic rings. The quantitative estimate of drug-likeness (QED) is 0.779. The summed E-state index contributed by atoms with van der Waals surface area (Å²) in [5, 5.41) is 10.2. The van der Waals surface area contributed by atoms with Crippen LogP contribution in [0.2, 0.25) is 0 Å². The van der Waals surface area contributed by atoms with Crippen molar-refractivity contribution in [2.75, 3.05) is 5.73 Å². The molecule has 1 saturated carbocycles. The topological polar surface area (TPSA) is 76.2 Å². The smallest absolute Gasteiger partial charge is 0.357 e. The highest BCUT2D eigenvalue weighted by molar-refractivity contribution is 7.16. The van der Waals surface area contributed by atoms with Gasteiger partial charge >= 0.3 is 5.97 Å². The van der Waals surface area contributed by atoms with Crippen molar-refractivity contribution in [1.82, 2.24) is 4.98 Å². The fraction of sp³-hybridized carbons (Fsp3) is 0.636. The van der Waals surface area contributed by atoms with Crippen molar-refractivity contribution in [1.29, 1.82) is 0 Å². The molecule has 16 heavy (non-hydrogen) atoms. The Morgan fingerprint density at radius 1 is 1.31 bits per heavy atom. The second kappa shape index (κ2) is 4.82. The molecule has 0 saturated heterocycles. The molecule has 1 aromatic heterocycles. The lowest BCUT2D eigenvalue weighted by Gasteiger charge is -2.09. The maximum Gasteiger partial charge on any atom is 0.357 e. The third-order valence-electron chi connectivity index (χ3n) is 3.08. The van der Waals surface area contributed by atoms with Crippen LogP contribution in [0.1, 0.15) is 59.9 Å². The average molecular weight is 240 g/mol. The van der Waals surface area contributed by atoms with Crippen LogP contribution >= 0.6 is 11.3 Å². The molecule has 88 valence electrons. The molecule has 3 N–H and O–H groups in total. The largest absolute Gasteiger partial charge is 0.476 e. The van der Waals surface area contributed by atoms with Crippen LogP contribution < -0.4 is 5.73 Å². The van der Waals surface area contributed by atoms with Crippen LogP contribution in [0.25, 0.3) is 0 Å².